The number of imide groups is 1. The average molecular weight is 282 g/mol. The van der Waals surface area contributed by atoms with E-state index in [0.29, 0.717) is 19.6 Å². The smallest absolute Gasteiger partial charge is 0.336 e. The highest BCUT2D eigenvalue weighted by Crippen LogP contribution is 2.18. The minimum atomic E-state index is -1.05. The van der Waals surface area contributed by atoms with Crippen molar-refractivity contribution < 1.29 is 19.2 Å². The van der Waals surface area contributed by atoms with Gasteiger partial charge >= 0.3 is 18.1 Å². The van der Waals surface area contributed by atoms with E-state index < -0.39 is 30.2 Å². The lowest BCUT2D eigenvalue weighted by molar-refractivity contribution is -0.138. The number of amides is 7. The number of hydrogen-bond acceptors (Lipinski definition) is 4. The molecule has 3 saturated heterocycles. The Labute approximate surface area is 114 Å². The number of urea groups is 3. The third-order valence-corrected chi connectivity index (χ3v) is 3.53. The fourth-order valence-electron chi connectivity index (χ4n) is 2.45. The third kappa shape index (κ3) is 1.64. The molecule has 10 heteroatoms. The van der Waals surface area contributed by atoms with E-state index in [1.807, 2.05) is 0 Å². The van der Waals surface area contributed by atoms with Crippen molar-refractivity contribution in [1.29, 1.82) is 0 Å². The van der Waals surface area contributed by atoms with Crippen LogP contribution in [0.15, 0.2) is 0 Å². The molecule has 1 atom stereocenters. The molecule has 0 aromatic heterocycles. The summed E-state index contributed by atoms with van der Waals surface area (Å²) < 4.78 is 0. The van der Waals surface area contributed by atoms with Gasteiger partial charge in [-0.15, -0.1) is 0 Å². The molecule has 0 radical (unpaired) electrons. The summed E-state index contributed by atoms with van der Waals surface area (Å²) in [7, 11) is 1.59. The molecule has 0 saturated carbocycles. The molecule has 3 aliphatic rings. The fraction of sp³-hybridized carbons (Fsp3) is 0.600. The normalized spacial score (nSPS) is 26.8. The number of hydrazine groups is 1. The standard InChI is InChI=1S/C10H14N6O4/c1-13-4-5-15(10(13)20)16-7(17)6(12-9(16)19)14-3-2-11-8(14)18/h6H,2-5H2,1H3,(H,11,18)(H,12,19). The number of rotatable bonds is 2. The number of carbonyl (C=O) groups excluding carboxylic acids is 4. The number of nitrogens with zero attached hydrogens (tertiary/aromatic N) is 4. The molecule has 20 heavy (non-hydrogen) atoms. The van der Waals surface area contributed by atoms with Crippen molar-refractivity contribution in [3.63, 3.8) is 0 Å². The maximum absolute atomic E-state index is 12.3. The van der Waals surface area contributed by atoms with E-state index in [1.54, 1.807) is 7.05 Å². The lowest BCUT2D eigenvalue weighted by Gasteiger charge is -2.25. The van der Waals surface area contributed by atoms with E-state index >= 15 is 0 Å². The quantitative estimate of drug-likeness (QED) is 0.581. The summed E-state index contributed by atoms with van der Waals surface area (Å²) in [5.41, 5.74) is 0. The molecule has 3 rings (SSSR count). The van der Waals surface area contributed by atoms with Crippen molar-refractivity contribution in [3.8, 4) is 0 Å². The average Bonchev–Trinajstić information content (AvgIpc) is 3.03. The van der Waals surface area contributed by atoms with Gasteiger partial charge in [-0.1, -0.05) is 0 Å². The Balaban J connectivity index is 1.80. The second-order valence-corrected chi connectivity index (χ2v) is 4.75. The van der Waals surface area contributed by atoms with E-state index in [2.05, 4.69) is 10.6 Å². The Hall–Kier alpha value is -2.52. The summed E-state index contributed by atoms with van der Waals surface area (Å²) in [6, 6.07) is -1.52. The van der Waals surface area contributed by atoms with Gasteiger partial charge in [0.25, 0.3) is 5.91 Å². The van der Waals surface area contributed by atoms with Crippen LogP contribution in [0.1, 0.15) is 0 Å². The maximum Gasteiger partial charge on any atom is 0.345 e. The molecule has 3 fully saturated rings. The fourth-order valence-corrected chi connectivity index (χ4v) is 2.45. The Morgan fingerprint density at radius 2 is 1.80 bits per heavy atom. The molecule has 3 aliphatic heterocycles. The molecule has 0 aromatic carbocycles. The minimum Gasteiger partial charge on any atom is -0.336 e. The summed E-state index contributed by atoms with van der Waals surface area (Å²) in [6.07, 6.45) is -1.05. The highest BCUT2D eigenvalue weighted by molar-refractivity contribution is 6.06. The van der Waals surface area contributed by atoms with Gasteiger partial charge in [-0.25, -0.2) is 19.4 Å². The zero-order chi connectivity index (χ0) is 14.4. The topological polar surface area (TPSA) is 105 Å². The summed E-state index contributed by atoms with van der Waals surface area (Å²) in [5.74, 6) is -0.615. The van der Waals surface area contributed by atoms with E-state index in [9.17, 15) is 19.2 Å². The predicted molar refractivity (Wildman–Crippen MR) is 64.0 cm³/mol. The molecule has 2 N–H and O–H groups in total. The van der Waals surface area contributed by atoms with Crippen LogP contribution in [0.3, 0.4) is 0 Å². The molecule has 108 valence electrons. The van der Waals surface area contributed by atoms with Crippen LogP contribution in [0.5, 0.6) is 0 Å². The summed E-state index contributed by atoms with van der Waals surface area (Å²) >= 11 is 0. The first-order valence-electron chi connectivity index (χ1n) is 6.22. The van der Waals surface area contributed by atoms with Crippen LogP contribution in [0.25, 0.3) is 0 Å². The molecule has 0 bridgehead atoms. The van der Waals surface area contributed by atoms with Gasteiger partial charge in [0.05, 0.1) is 6.54 Å². The van der Waals surface area contributed by atoms with Crippen LogP contribution in [0.2, 0.25) is 0 Å². The van der Waals surface area contributed by atoms with Crippen molar-refractivity contribution in [3.05, 3.63) is 0 Å². The van der Waals surface area contributed by atoms with Gasteiger partial charge in [-0.2, -0.15) is 5.01 Å². The van der Waals surface area contributed by atoms with Crippen LogP contribution < -0.4 is 10.6 Å². The molecule has 10 nitrogen and oxygen atoms in total. The molecular weight excluding hydrogens is 268 g/mol. The molecule has 3 heterocycles. The minimum absolute atomic E-state index is 0.257. The van der Waals surface area contributed by atoms with Gasteiger partial charge in [0.15, 0.2) is 6.17 Å². The Morgan fingerprint density at radius 3 is 2.35 bits per heavy atom. The van der Waals surface area contributed by atoms with Gasteiger partial charge in [0, 0.05) is 26.7 Å². The van der Waals surface area contributed by atoms with Crippen molar-refractivity contribution in [2.24, 2.45) is 0 Å². The predicted octanol–water partition coefficient (Wildman–Crippen LogP) is -1.83. The van der Waals surface area contributed by atoms with Gasteiger partial charge in [-0.05, 0) is 0 Å². The second kappa shape index (κ2) is 4.25. The van der Waals surface area contributed by atoms with Gasteiger partial charge in [-0.3, -0.25) is 9.69 Å². The molecular formula is C10H14N6O4. The van der Waals surface area contributed by atoms with E-state index in [4.69, 9.17) is 0 Å². The zero-order valence-corrected chi connectivity index (χ0v) is 10.8. The number of likely N-dealkylation sites (N-methyl/N-ethyl adjacent to an activating group) is 1. The molecule has 1 unspecified atom stereocenters. The van der Waals surface area contributed by atoms with Crippen LogP contribution >= 0.6 is 0 Å². The number of carbonyl (C=O) groups is 4. The molecule has 0 aromatic rings. The third-order valence-electron chi connectivity index (χ3n) is 3.53. The van der Waals surface area contributed by atoms with Gasteiger partial charge in [0.1, 0.15) is 0 Å². The SMILES string of the molecule is CN1CCN(N2C(=O)NC(N3CCNC3=O)C2=O)C1=O. The lowest BCUT2D eigenvalue weighted by atomic mass is 10.4. The highest BCUT2D eigenvalue weighted by atomic mass is 16.2. The maximum atomic E-state index is 12.3. The number of nitrogens with one attached hydrogen (secondary N) is 2. The first kappa shape index (κ1) is 12.5. The summed E-state index contributed by atoms with van der Waals surface area (Å²) in [4.78, 5) is 50.3. The van der Waals surface area contributed by atoms with Crippen LogP contribution in [-0.4, -0.2) is 83.2 Å². The molecule has 0 spiro atoms. The van der Waals surface area contributed by atoms with Crippen molar-refractivity contribution in [1.82, 2.24) is 30.5 Å². The van der Waals surface area contributed by atoms with Crippen molar-refractivity contribution in [2.45, 2.75) is 6.17 Å². The van der Waals surface area contributed by atoms with Crippen LogP contribution in [0, 0.1) is 0 Å². The largest absolute Gasteiger partial charge is 0.345 e. The lowest BCUT2D eigenvalue weighted by Crippen LogP contribution is -2.51. The Kier molecular flexibility index (Phi) is 2.66. The Bertz CT molecular complexity index is 508. The van der Waals surface area contributed by atoms with Gasteiger partial charge in [0.2, 0.25) is 0 Å². The highest BCUT2D eigenvalue weighted by Gasteiger charge is 2.49. The Morgan fingerprint density at radius 1 is 1.05 bits per heavy atom. The second-order valence-electron chi connectivity index (χ2n) is 4.75. The first-order chi connectivity index (χ1) is 9.50. The van der Waals surface area contributed by atoms with Gasteiger partial charge < -0.3 is 15.5 Å². The van der Waals surface area contributed by atoms with Crippen molar-refractivity contribution >= 4 is 24.0 Å². The molecule has 0 aliphatic carbocycles. The first-order valence-corrected chi connectivity index (χ1v) is 6.22. The summed E-state index contributed by atoms with van der Waals surface area (Å²) in [5, 5.41) is 6.86. The van der Waals surface area contributed by atoms with E-state index in [-0.39, 0.29) is 6.54 Å². The molecule has 7 amide bonds. The number of hydrogen-bond donors (Lipinski definition) is 2. The monoisotopic (exact) mass is 282 g/mol. The van der Waals surface area contributed by atoms with Crippen molar-refractivity contribution in [2.75, 3.05) is 33.2 Å². The zero-order valence-electron chi connectivity index (χ0n) is 10.8. The van der Waals surface area contributed by atoms with E-state index in [0.717, 1.165) is 10.0 Å². The van der Waals surface area contributed by atoms with Crippen LogP contribution in [0.4, 0.5) is 14.4 Å². The van der Waals surface area contributed by atoms with E-state index in [1.165, 1.54) is 9.80 Å². The van der Waals surface area contributed by atoms with Crippen LogP contribution in [-0.2, 0) is 4.79 Å². The summed E-state index contributed by atoms with van der Waals surface area (Å²) in [6.45, 7) is 1.44.